The molecular weight excluding hydrogens is 542 g/mol. The van der Waals surface area contributed by atoms with Crippen LogP contribution in [0.1, 0.15) is 17.0 Å². The van der Waals surface area contributed by atoms with Crippen molar-refractivity contribution in [1.82, 2.24) is 9.99 Å². The lowest BCUT2D eigenvalue weighted by molar-refractivity contribution is -0.119. The number of nitrogens with one attached hydrogen (secondary N) is 1. The highest BCUT2D eigenvalue weighted by Crippen LogP contribution is 2.29. The van der Waals surface area contributed by atoms with E-state index in [1.165, 1.54) is 24.4 Å². The van der Waals surface area contributed by atoms with E-state index in [9.17, 15) is 13.2 Å². The fourth-order valence-corrected chi connectivity index (χ4v) is 5.22. The van der Waals surface area contributed by atoms with Gasteiger partial charge in [-0.05, 0) is 56.3 Å². The summed E-state index contributed by atoms with van der Waals surface area (Å²) in [6.45, 7) is 3.29. The van der Waals surface area contributed by atoms with Crippen molar-refractivity contribution in [2.45, 2.75) is 13.8 Å². The van der Waals surface area contributed by atoms with E-state index in [2.05, 4.69) is 10.5 Å². The molecule has 1 amide bonds. The van der Waals surface area contributed by atoms with Crippen LogP contribution in [0.2, 0.25) is 20.1 Å². The van der Waals surface area contributed by atoms with E-state index in [0.717, 1.165) is 33.2 Å². The van der Waals surface area contributed by atoms with E-state index in [1.807, 2.05) is 30.5 Å². The Morgan fingerprint density at radius 2 is 1.68 bits per heavy atom. The number of hydrazone groups is 1. The molecule has 34 heavy (non-hydrogen) atoms. The number of hydrogen-bond acceptors (Lipinski definition) is 4. The van der Waals surface area contributed by atoms with E-state index in [0.29, 0.717) is 10.0 Å². The van der Waals surface area contributed by atoms with Gasteiger partial charge in [-0.15, -0.1) is 0 Å². The van der Waals surface area contributed by atoms with Gasteiger partial charge in [0.1, 0.15) is 6.54 Å². The van der Waals surface area contributed by atoms with Crippen molar-refractivity contribution in [2.75, 3.05) is 17.1 Å². The quantitative estimate of drug-likeness (QED) is 0.300. The second-order valence-electron chi connectivity index (χ2n) is 7.45. The number of sulfonamides is 1. The topological polar surface area (TPSA) is 83.8 Å². The second kappa shape index (κ2) is 10.6. The van der Waals surface area contributed by atoms with Gasteiger partial charge in [0.2, 0.25) is 10.0 Å². The van der Waals surface area contributed by atoms with Gasteiger partial charge in [0, 0.05) is 32.0 Å². The third-order valence-electron chi connectivity index (χ3n) is 4.84. The molecule has 0 saturated carbocycles. The molecule has 3 aromatic rings. The van der Waals surface area contributed by atoms with Gasteiger partial charge in [-0.25, -0.2) is 13.8 Å². The summed E-state index contributed by atoms with van der Waals surface area (Å²) in [4.78, 5) is 12.5. The van der Waals surface area contributed by atoms with Gasteiger partial charge in [-0.2, -0.15) is 5.10 Å². The minimum absolute atomic E-state index is 0.169. The zero-order chi connectivity index (χ0) is 25.2. The fraction of sp³-hybridized carbons (Fsp3) is 0.182. The van der Waals surface area contributed by atoms with Crippen LogP contribution in [0.15, 0.2) is 47.6 Å². The highest BCUT2D eigenvalue weighted by Gasteiger charge is 2.21. The van der Waals surface area contributed by atoms with Crippen LogP contribution in [0.5, 0.6) is 0 Å². The standard InChI is InChI=1S/C22H20Cl4N4O3S/c1-13-6-15(14(2)30(13)21-5-4-16(23)10-20(21)26)11-27-28-22(31)12-29(34(3,32)33)19-8-17(24)7-18(25)9-19/h4-11H,12H2,1-3H3,(H,28,31)/b27-11-. The number of benzene rings is 2. The Morgan fingerprint density at radius 1 is 1.03 bits per heavy atom. The van der Waals surface area contributed by atoms with Crippen LogP contribution >= 0.6 is 46.4 Å². The van der Waals surface area contributed by atoms with Crippen LogP contribution in [0, 0.1) is 13.8 Å². The maximum absolute atomic E-state index is 12.5. The van der Waals surface area contributed by atoms with E-state index in [1.54, 1.807) is 12.1 Å². The van der Waals surface area contributed by atoms with Gasteiger partial charge < -0.3 is 4.57 Å². The lowest BCUT2D eigenvalue weighted by Crippen LogP contribution is -2.39. The lowest BCUT2D eigenvalue weighted by Gasteiger charge is -2.21. The Bertz CT molecular complexity index is 1370. The molecular formula is C22H20Cl4N4O3S. The number of anilines is 1. The smallest absolute Gasteiger partial charge is 0.260 e. The molecule has 0 aliphatic heterocycles. The van der Waals surface area contributed by atoms with Gasteiger partial charge in [0.25, 0.3) is 5.91 Å². The number of nitrogens with zero attached hydrogens (tertiary/aromatic N) is 3. The van der Waals surface area contributed by atoms with E-state index >= 15 is 0 Å². The van der Waals surface area contributed by atoms with Gasteiger partial charge in [0.05, 0.1) is 28.9 Å². The van der Waals surface area contributed by atoms with E-state index in [-0.39, 0.29) is 15.7 Å². The summed E-state index contributed by atoms with van der Waals surface area (Å²) in [6.07, 6.45) is 2.46. The van der Waals surface area contributed by atoms with Crippen molar-refractivity contribution >= 4 is 74.2 Å². The highest BCUT2D eigenvalue weighted by atomic mass is 35.5. The van der Waals surface area contributed by atoms with Crippen molar-refractivity contribution in [2.24, 2.45) is 5.10 Å². The Hall–Kier alpha value is -2.23. The molecule has 0 unspecified atom stereocenters. The minimum Gasteiger partial charge on any atom is -0.316 e. The molecule has 1 N–H and O–H groups in total. The van der Waals surface area contributed by atoms with Crippen LogP contribution in [-0.4, -0.2) is 37.9 Å². The minimum atomic E-state index is -3.79. The molecule has 0 aliphatic carbocycles. The van der Waals surface area contributed by atoms with Gasteiger partial charge >= 0.3 is 0 Å². The third-order valence-corrected chi connectivity index (χ3v) is 6.95. The second-order valence-corrected chi connectivity index (χ2v) is 11.1. The molecule has 0 aliphatic rings. The summed E-state index contributed by atoms with van der Waals surface area (Å²) >= 11 is 24.3. The molecule has 12 heteroatoms. The predicted octanol–water partition coefficient (Wildman–Crippen LogP) is 5.62. The molecule has 0 atom stereocenters. The SMILES string of the molecule is Cc1cc(/C=N\NC(=O)CN(c2cc(Cl)cc(Cl)c2)S(C)(=O)=O)c(C)n1-c1ccc(Cl)cc1Cl. The fourth-order valence-electron chi connectivity index (χ4n) is 3.37. The van der Waals surface area contributed by atoms with Gasteiger partial charge in [0.15, 0.2) is 0 Å². The Labute approximate surface area is 217 Å². The molecule has 1 heterocycles. The zero-order valence-electron chi connectivity index (χ0n) is 18.3. The summed E-state index contributed by atoms with van der Waals surface area (Å²) in [5, 5.41) is 5.49. The van der Waals surface area contributed by atoms with Crippen molar-refractivity contribution in [3.8, 4) is 5.69 Å². The summed E-state index contributed by atoms with van der Waals surface area (Å²) < 4.78 is 27.3. The maximum atomic E-state index is 12.5. The number of carbonyl (C=O) groups is 1. The zero-order valence-corrected chi connectivity index (χ0v) is 22.2. The van der Waals surface area contributed by atoms with E-state index < -0.39 is 22.5 Å². The number of amides is 1. The number of carbonyl (C=O) groups excluding carboxylic acids is 1. The molecule has 0 bridgehead atoms. The lowest BCUT2D eigenvalue weighted by atomic mass is 10.2. The summed E-state index contributed by atoms with van der Waals surface area (Å²) in [5.74, 6) is -0.646. The van der Waals surface area contributed by atoms with Crippen molar-refractivity contribution in [3.63, 3.8) is 0 Å². The first-order valence-electron chi connectivity index (χ1n) is 9.77. The first-order valence-corrected chi connectivity index (χ1v) is 13.1. The van der Waals surface area contributed by atoms with Crippen LogP contribution in [0.25, 0.3) is 5.69 Å². The van der Waals surface area contributed by atoms with E-state index in [4.69, 9.17) is 46.4 Å². The number of aromatic nitrogens is 1. The molecule has 7 nitrogen and oxygen atoms in total. The summed E-state index contributed by atoms with van der Waals surface area (Å²) in [7, 11) is -3.79. The molecule has 0 spiro atoms. The highest BCUT2D eigenvalue weighted by molar-refractivity contribution is 7.92. The van der Waals surface area contributed by atoms with Gasteiger partial charge in [-0.3, -0.25) is 9.10 Å². The molecule has 2 aromatic carbocycles. The molecule has 0 fully saturated rings. The normalized spacial score (nSPS) is 11.7. The molecule has 3 rings (SSSR count). The van der Waals surface area contributed by atoms with Crippen LogP contribution < -0.4 is 9.73 Å². The van der Waals surface area contributed by atoms with Crippen LogP contribution in [0.3, 0.4) is 0 Å². The number of hydrogen-bond donors (Lipinski definition) is 1. The number of halogens is 4. The maximum Gasteiger partial charge on any atom is 0.260 e. The number of aryl methyl sites for hydroxylation is 1. The molecule has 180 valence electrons. The average molecular weight is 562 g/mol. The summed E-state index contributed by atoms with van der Waals surface area (Å²) in [5.41, 5.74) is 5.76. The Balaban J connectivity index is 1.78. The Kier molecular flexibility index (Phi) is 8.21. The van der Waals surface area contributed by atoms with Crippen molar-refractivity contribution in [3.05, 3.63) is 79.5 Å². The predicted molar refractivity (Wildman–Crippen MR) is 140 cm³/mol. The monoisotopic (exact) mass is 560 g/mol. The molecule has 0 saturated heterocycles. The van der Waals surface area contributed by atoms with Crippen LogP contribution in [-0.2, 0) is 14.8 Å². The third kappa shape index (κ3) is 6.25. The van der Waals surface area contributed by atoms with Crippen molar-refractivity contribution in [1.29, 1.82) is 0 Å². The average Bonchev–Trinajstić information content (AvgIpc) is 2.98. The Morgan fingerprint density at radius 3 is 2.26 bits per heavy atom. The largest absolute Gasteiger partial charge is 0.316 e. The summed E-state index contributed by atoms with van der Waals surface area (Å²) in [6, 6.07) is 11.4. The molecule has 0 radical (unpaired) electrons. The van der Waals surface area contributed by atoms with Crippen LogP contribution in [0.4, 0.5) is 5.69 Å². The molecule has 1 aromatic heterocycles. The van der Waals surface area contributed by atoms with Crippen molar-refractivity contribution < 1.29 is 13.2 Å². The number of rotatable bonds is 7. The first kappa shape index (κ1) is 26.4. The first-order chi connectivity index (χ1) is 15.9. The van der Waals surface area contributed by atoms with Gasteiger partial charge in [-0.1, -0.05) is 46.4 Å².